The summed E-state index contributed by atoms with van der Waals surface area (Å²) < 4.78 is 12.9. The maximum atomic E-state index is 12.9. The molecule has 0 aromatic heterocycles. The fourth-order valence-corrected chi connectivity index (χ4v) is 1.15. The Labute approximate surface area is 83.0 Å². The predicted molar refractivity (Wildman–Crippen MR) is 54.7 cm³/mol. The van der Waals surface area contributed by atoms with Crippen molar-refractivity contribution in [2.75, 3.05) is 18.5 Å². The van der Waals surface area contributed by atoms with Gasteiger partial charge >= 0.3 is 0 Å². The lowest BCUT2D eigenvalue weighted by Gasteiger charge is -2.09. The Bertz CT molecular complexity index is 281. The minimum absolute atomic E-state index is 0.0845. The Kier molecular flexibility index (Phi) is 4.35. The van der Waals surface area contributed by atoms with Crippen LogP contribution in [0.2, 0.25) is 0 Å². The number of alkyl halides is 1. The van der Waals surface area contributed by atoms with Crippen LogP contribution in [0.1, 0.15) is 5.56 Å². The zero-order chi connectivity index (χ0) is 10.4. The van der Waals surface area contributed by atoms with Crippen molar-refractivity contribution in [1.29, 1.82) is 0 Å². The SMILES string of the molecule is Cc1cccc(NCC(F)CON)c1. The molecule has 0 heterocycles. The van der Waals surface area contributed by atoms with Gasteiger partial charge in [-0.15, -0.1) is 0 Å². The van der Waals surface area contributed by atoms with E-state index in [0.29, 0.717) is 0 Å². The number of benzene rings is 1. The molecular formula is C10H15FN2O. The zero-order valence-electron chi connectivity index (χ0n) is 8.16. The van der Waals surface area contributed by atoms with E-state index in [4.69, 9.17) is 5.90 Å². The minimum atomic E-state index is -1.08. The summed E-state index contributed by atoms with van der Waals surface area (Å²) in [5.41, 5.74) is 2.05. The molecule has 0 spiro atoms. The third kappa shape index (κ3) is 3.72. The second kappa shape index (κ2) is 5.57. The molecule has 0 saturated carbocycles. The lowest BCUT2D eigenvalue weighted by Crippen LogP contribution is -2.22. The summed E-state index contributed by atoms with van der Waals surface area (Å²) in [5.74, 6) is 4.75. The average Bonchev–Trinajstić information content (AvgIpc) is 2.15. The zero-order valence-corrected chi connectivity index (χ0v) is 8.16. The van der Waals surface area contributed by atoms with Gasteiger partial charge in [0.05, 0.1) is 0 Å². The normalized spacial score (nSPS) is 12.5. The monoisotopic (exact) mass is 198 g/mol. The summed E-state index contributed by atoms with van der Waals surface area (Å²) in [5, 5.41) is 2.96. The standard InChI is InChI=1S/C10H15FN2O/c1-8-3-2-4-10(5-8)13-6-9(11)7-14-12/h2-5,9,13H,6-7,12H2,1H3. The van der Waals surface area contributed by atoms with Crippen molar-refractivity contribution in [1.82, 2.24) is 0 Å². The number of hydrogen-bond acceptors (Lipinski definition) is 3. The average molecular weight is 198 g/mol. The van der Waals surface area contributed by atoms with Gasteiger partial charge in [-0.25, -0.2) is 10.3 Å². The molecule has 0 aliphatic rings. The molecular weight excluding hydrogens is 183 g/mol. The van der Waals surface area contributed by atoms with E-state index in [9.17, 15) is 4.39 Å². The first-order valence-electron chi connectivity index (χ1n) is 4.48. The minimum Gasteiger partial charge on any atom is -0.382 e. The molecule has 0 amide bonds. The summed E-state index contributed by atoms with van der Waals surface area (Å²) in [4.78, 5) is 4.20. The third-order valence-electron chi connectivity index (χ3n) is 1.82. The number of anilines is 1. The highest BCUT2D eigenvalue weighted by Gasteiger charge is 2.05. The van der Waals surface area contributed by atoms with Crippen molar-refractivity contribution in [2.24, 2.45) is 5.90 Å². The summed E-state index contributed by atoms with van der Waals surface area (Å²) in [6, 6.07) is 7.75. The van der Waals surface area contributed by atoms with E-state index in [1.165, 1.54) is 0 Å². The molecule has 0 saturated heterocycles. The second-order valence-electron chi connectivity index (χ2n) is 3.18. The molecule has 1 unspecified atom stereocenters. The van der Waals surface area contributed by atoms with Crippen molar-refractivity contribution in [3.8, 4) is 0 Å². The van der Waals surface area contributed by atoms with Gasteiger partial charge in [-0.1, -0.05) is 12.1 Å². The van der Waals surface area contributed by atoms with Gasteiger partial charge in [0.2, 0.25) is 0 Å². The molecule has 78 valence electrons. The molecule has 1 aromatic rings. The van der Waals surface area contributed by atoms with Crippen LogP contribution in [-0.2, 0) is 4.84 Å². The number of halogens is 1. The van der Waals surface area contributed by atoms with Crippen LogP contribution in [0.3, 0.4) is 0 Å². The van der Waals surface area contributed by atoms with Gasteiger partial charge in [-0.2, -0.15) is 0 Å². The summed E-state index contributed by atoms with van der Waals surface area (Å²) >= 11 is 0. The van der Waals surface area contributed by atoms with E-state index in [0.717, 1.165) is 11.3 Å². The molecule has 3 nitrogen and oxygen atoms in total. The molecule has 1 aromatic carbocycles. The fourth-order valence-electron chi connectivity index (χ4n) is 1.15. The molecule has 0 fully saturated rings. The Morgan fingerprint density at radius 1 is 1.57 bits per heavy atom. The highest BCUT2D eigenvalue weighted by molar-refractivity contribution is 5.45. The smallest absolute Gasteiger partial charge is 0.142 e. The lowest BCUT2D eigenvalue weighted by molar-refractivity contribution is 0.0866. The van der Waals surface area contributed by atoms with Crippen LogP contribution < -0.4 is 11.2 Å². The van der Waals surface area contributed by atoms with Crippen molar-refractivity contribution in [3.05, 3.63) is 29.8 Å². The first-order chi connectivity index (χ1) is 6.72. The van der Waals surface area contributed by atoms with E-state index in [-0.39, 0.29) is 13.2 Å². The van der Waals surface area contributed by atoms with Crippen molar-refractivity contribution < 1.29 is 9.23 Å². The quantitative estimate of drug-likeness (QED) is 0.707. The maximum Gasteiger partial charge on any atom is 0.142 e. The van der Waals surface area contributed by atoms with Crippen LogP contribution in [-0.4, -0.2) is 19.3 Å². The van der Waals surface area contributed by atoms with E-state index in [1.807, 2.05) is 31.2 Å². The highest BCUT2D eigenvalue weighted by Crippen LogP contribution is 2.09. The molecule has 14 heavy (non-hydrogen) atoms. The van der Waals surface area contributed by atoms with E-state index in [2.05, 4.69) is 10.2 Å². The van der Waals surface area contributed by atoms with E-state index in [1.54, 1.807) is 0 Å². The second-order valence-corrected chi connectivity index (χ2v) is 3.18. The number of nitrogens with two attached hydrogens (primary N) is 1. The molecule has 4 heteroatoms. The Hall–Kier alpha value is -1.13. The molecule has 0 aliphatic carbocycles. The van der Waals surface area contributed by atoms with Crippen LogP contribution in [0.15, 0.2) is 24.3 Å². The molecule has 1 atom stereocenters. The van der Waals surface area contributed by atoms with Gasteiger partial charge in [0, 0.05) is 12.2 Å². The third-order valence-corrected chi connectivity index (χ3v) is 1.82. The molecule has 3 N–H and O–H groups in total. The van der Waals surface area contributed by atoms with Gasteiger partial charge in [0.15, 0.2) is 0 Å². The Morgan fingerprint density at radius 2 is 2.36 bits per heavy atom. The number of hydrogen-bond donors (Lipinski definition) is 2. The fraction of sp³-hybridized carbons (Fsp3) is 0.400. The maximum absolute atomic E-state index is 12.9. The van der Waals surface area contributed by atoms with E-state index >= 15 is 0 Å². The summed E-state index contributed by atoms with van der Waals surface area (Å²) in [7, 11) is 0. The summed E-state index contributed by atoms with van der Waals surface area (Å²) in [6.45, 7) is 2.11. The predicted octanol–water partition coefficient (Wildman–Crippen LogP) is 1.64. The topological polar surface area (TPSA) is 47.3 Å². The number of rotatable bonds is 5. The number of nitrogens with one attached hydrogen (secondary N) is 1. The first-order valence-corrected chi connectivity index (χ1v) is 4.48. The van der Waals surface area contributed by atoms with E-state index < -0.39 is 6.17 Å². The van der Waals surface area contributed by atoms with Gasteiger partial charge in [-0.3, -0.25) is 0 Å². The Balaban J connectivity index is 2.37. The number of aryl methyl sites for hydroxylation is 1. The molecule has 0 aliphatic heterocycles. The molecule has 0 bridgehead atoms. The summed E-state index contributed by atoms with van der Waals surface area (Å²) in [6.07, 6.45) is -1.08. The van der Waals surface area contributed by atoms with Gasteiger partial charge in [0.25, 0.3) is 0 Å². The Morgan fingerprint density at radius 3 is 3.00 bits per heavy atom. The largest absolute Gasteiger partial charge is 0.382 e. The van der Waals surface area contributed by atoms with Crippen LogP contribution in [0.4, 0.5) is 10.1 Å². The van der Waals surface area contributed by atoms with Gasteiger partial charge in [0.1, 0.15) is 12.8 Å². The van der Waals surface area contributed by atoms with Gasteiger partial charge < -0.3 is 10.2 Å². The van der Waals surface area contributed by atoms with Crippen LogP contribution in [0.25, 0.3) is 0 Å². The van der Waals surface area contributed by atoms with Crippen LogP contribution in [0.5, 0.6) is 0 Å². The van der Waals surface area contributed by atoms with Crippen LogP contribution in [0, 0.1) is 6.92 Å². The highest BCUT2D eigenvalue weighted by atomic mass is 19.1. The molecule has 0 radical (unpaired) electrons. The van der Waals surface area contributed by atoms with Crippen molar-refractivity contribution in [3.63, 3.8) is 0 Å². The van der Waals surface area contributed by atoms with Crippen molar-refractivity contribution in [2.45, 2.75) is 13.1 Å². The van der Waals surface area contributed by atoms with Gasteiger partial charge in [-0.05, 0) is 24.6 Å². The molecule has 1 rings (SSSR count). The lowest BCUT2D eigenvalue weighted by atomic mass is 10.2. The van der Waals surface area contributed by atoms with Crippen LogP contribution >= 0.6 is 0 Å². The first kappa shape index (κ1) is 10.9. The van der Waals surface area contributed by atoms with Crippen molar-refractivity contribution >= 4 is 5.69 Å².